The average molecular weight is 394 g/mol. The minimum absolute atomic E-state index is 0.0390. The van der Waals surface area contributed by atoms with Gasteiger partial charge in [0.05, 0.1) is 17.8 Å². The van der Waals surface area contributed by atoms with Gasteiger partial charge >= 0.3 is 6.18 Å². The van der Waals surface area contributed by atoms with E-state index >= 15 is 0 Å². The van der Waals surface area contributed by atoms with Crippen LogP contribution in [-0.2, 0) is 12.7 Å². The van der Waals surface area contributed by atoms with Gasteiger partial charge in [-0.2, -0.15) is 18.3 Å². The molecule has 0 aliphatic heterocycles. The molecule has 0 fully saturated rings. The van der Waals surface area contributed by atoms with E-state index in [9.17, 15) is 17.6 Å². The van der Waals surface area contributed by atoms with Gasteiger partial charge in [0.1, 0.15) is 5.82 Å². The van der Waals surface area contributed by atoms with Gasteiger partial charge in [0.2, 0.25) is 0 Å². The van der Waals surface area contributed by atoms with Crippen molar-refractivity contribution in [3.63, 3.8) is 0 Å². The normalized spacial score (nSPS) is 11.3. The van der Waals surface area contributed by atoms with Gasteiger partial charge in [0.15, 0.2) is 10.9 Å². The smallest absolute Gasteiger partial charge is 0.332 e. The van der Waals surface area contributed by atoms with E-state index in [-0.39, 0.29) is 23.2 Å². The van der Waals surface area contributed by atoms with E-state index in [1.807, 2.05) is 0 Å². The van der Waals surface area contributed by atoms with Gasteiger partial charge in [-0.3, -0.25) is 4.68 Å². The summed E-state index contributed by atoms with van der Waals surface area (Å²) in [5.74, 6) is -0.0169. The zero-order valence-corrected chi connectivity index (χ0v) is 14.6. The highest BCUT2D eigenvalue weighted by Crippen LogP contribution is 2.34. The van der Waals surface area contributed by atoms with E-state index in [4.69, 9.17) is 12.2 Å². The molecule has 2 aromatic carbocycles. The number of anilines is 2. The fourth-order valence-corrected chi connectivity index (χ4v) is 2.64. The first-order chi connectivity index (χ1) is 12.8. The molecule has 4 nitrogen and oxygen atoms in total. The molecule has 3 rings (SSSR count). The summed E-state index contributed by atoms with van der Waals surface area (Å²) in [5, 5.41) is 9.39. The highest BCUT2D eigenvalue weighted by Gasteiger charge is 2.33. The second kappa shape index (κ2) is 7.75. The lowest BCUT2D eigenvalue weighted by Crippen LogP contribution is -2.22. The SMILES string of the molecule is Fc1ccccc1Cn1ccc(NC(=S)Nc2ccccc2C(F)(F)F)n1. The van der Waals surface area contributed by atoms with E-state index < -0.39 is 11.7 Å². The molecule has 0 radical (unpaired) electrons. The third-order valence-corrected chi connectivity index (χ3v) is 3.86. The Kier molecular flexibility index (Phi) is 5.41. The van der Waals surface area contributed by atoms with Crippen molar-refractivity contribution in [2.45, 2.75) is 12.7 Å². The fourth-order valence-electron chi connectivity index (χ4n) is 2.43. The van der Waals surface area contributed by atoms with Crippen LogP contribution in [0.15, 0.2) is 60.8 Å². The second-order valence-corrected chi connectivity index (χ2v) is 6.02. The summed E-state index contributed by atoms with van der Waals surface area (Å²) < 4.78 is 54.2. The van der Waals surface area contributed by atoms with Gasteiger partial charge < -0.3 is 10.6 Å². The topological polar surface area (TPSA) is 41.9 Å². The first kappa shape index (κ1) is 18.8. The number of para-hydroxylation sites is 1. The van der Waals surface area contributed by atoms with Crippen molar-refractivity contribution >= 4 is 28.8 Å². The number of aromatic nitrogens is 2. The summed E-state index contributed by atoms with van der Waals surface area (Å²) in [6.07, 6.45) is -2.89. The highest BCUT2D eigenvalue weighted by atomic mass is 32.1. The maximum absolute atomic E-state index is 13.7. The molecular formula is C18H14F4N4S. The monoisotopic (exact) mass is 394 g/mol. The molecule has 2 N–H and O–H groups in total. The third kappa shape index (κ3) is 4.82. The number of hydrogen-bond acceptors (Lipinski definition) is 2. The van der Waals surface area contributed by atoms with Crippen molar-refractivity contribution in [2.24, 2.45) is 0 Å². The number of nitrogens with one attached hydrogen (secondary N) is 2. The predicted molar refractivity (Wildman–Crippen MR) is 99.0 cm³/mol. The summed E-state index contributed by atoms with van der Waals surface area (Å²) in [5.41, 5.74) is -0.514. The molecule has 140 valence electrons. The number of thiocarbonyl (C=S) groups is 1. The highest BCUT2D eigenvalue weighted by molar-refractivity contribution is 7.80. The Hall–Kier alpha value is -2.94. The second-order valence-electron chi connectivity index (χ2n) is 5.61. The Morgan fingerprint density at radius 2 is 1.70 bits per heavy atom. The summed E-state index contributed by atoms with van der Waals surface area (Å²) in [6, 6.07) is 12.9. The average Bonchev–Trinajstić information content (AvgIpc) is 3.03. The van der Waals surface area contributed by atoms with Crippen LogP contribution in [0.25, 0.3) is 0 Å². The first-order valence-electron chi connectivity index (χ1n) is 7.84. The molecule has 0 saturated heterocycles. The van der Waals surface area contributed by atoms with E-state index in [0.29, 0.717) is 11.4 Å². The number of hydrogen-bond donors (Lipinski definition) is 2. The molecule has 0 saturated carbocycles. The number of nitrogens with zero attached hydrogens (tertiary/aromatic N) is 2. The Morgan fingerprint density at radius 1 is 1.00 bits per heavy atom. The van der Waals surface area contributed by atoms with Crippen molar-refractivity contribution in [3.8, 4) is 0 Å². The maximum Gasteiger partial charge on any atom is 0.418 e. The van der Waals surface area contributed by atoms with Crippen LogP contribution in [0.3, 0.4) is 0 Å². The van der Waals surface area contributed by atoms with Crippen LogP contribution >= 0.6 is 12.2 Å². The maximum atomic E-state index is 13.7. The molecule has 0 aliphatic rings. The van der Waals surface area contributed by atoms with Crippen molar-refractivity contribution in [1.29, 1.82) is 0 Å². The lowest BCUT2D eigenvalue weighted by Gasteiger charge is -2.15. The molecule has 0 bridgehead atoms. The van der Waals surface area contributed by atoms with E-state index in [2.05, 4.69) is 15.7 Å². The number of alkyl halides is 3. The van der Waals surface area contributed by atoms with E-state index in [1.54, 1.807) is 30.5 Å². The summed E-state index contributed by atoms with van der Waals surface area (Å²) in [7, 11) is 0. The molecule has 1 aromatic heterocycles. The molecule has 3 aromatic rings. The zero-order valence-electron chi connectivity index (χ0n) is 13.8. The predicted octanol–water partition coefficient (Wildman–Crippen LogP) is 4.90. The van der Waals surface area contributed by atoms with Gasteiger partial charge in [0, 0.05) is 17.8 Å². The zero-order chi connectivity index (χ0) is 19.4. The van der Waals surface area contributed by atoms with Crippen LogP contribution in [0.1, 0.15) is 11.1 Å². The number of benzene rings is 2. The van der Waals surface area contributed by atoms with Crippen molar-refractivity contribution in [1.82, 2.24) is 9.78 Å². The first-order valence-corrected chi connectivity index (χ1v) is 8.25. The summed E-state index contributed by atoms with van der Waals surface area (Å²) in [4.78, 5) is 0. The Morgan fingerprint density at radius 3 is 2.44 bits per heavy atom. The quantitative estimate of drug-likeness (QED) is 0.488. The molecule has 0 atom stereocenters. The molecule has 0 unspecified atom stereocenters. The van der Waals surface area contributed by atoms with Gasteiger partial charge in [-0.05, 0) is 30.4 Å². The van der Waals surface area contributed by atoms with Crippen LogP contribution in [0.2, 0.25) is 0 Å². The lowest BCUT2D eigenvalue weighted by molar-refractivity contribution is -0.136. The number of halogens is 4. The van der Waals surface area contributed by atoms with Gasteiger partial charge in [-0.25, -0.2) is 4.39 Å². The molecule has 9 heteroatoms. The minimum Gasteiger partial charge on any atom is -0.332 e. The van der Waals surface area contributed by atoms with Gasteiger partial charge in [0.25, 0.3) is 0 Å². The van der Waals surface area contributed by atoms with Crippen LogP contribution < -0.4 is 10.6 Å². The standard InChI is InChI=1S/C18H14F4N4S/c19-14-7-3-1-5-12(14)11-26-10-9-16(25-26)24-17(27)23-15-8-4-2-6-13(15)18(20,21)22/h1-10H,11H2,(H2,23,24,25,27). The molecular weight excluding hydrogens is 380 g/mol. The third-order valence-electron chi connectivity index (χ3n) is 3.65. The van der Waals surface area contributed by atoms with Gasteiger partial charge in [-0.15, -0.1) is 0 Å². The fraction of sp³-hybridized carbons (Fsp3) is 0.111. The summed E-state index contributed by atoms with van der Waals surface area (Å²) in [6.45, 7) is 0.214. The van der Waals surface area contributed by atoms with Crippen molar-refractivity contribution in [3.05, 3.63) is 77.7 Å². The minimum atomic E-state index is -4.50. The van der Waals surface area contributed by atoms with Crippen LogP contribution in [-0.4, -0.2) is 14.9 Å². The Labute approximate surface area is 157 Å². The van der Waals surface area contributed by atoms with Crippen LogP contribution in [0.5, 0.6) is 0 Å². The lowest BCUT2D eigenvalue weighted by atomic mass is 10.2. The van der Waals surface area contributed by atoms with Crippen LogP contribution in [0.4, 0.5) is 29.1 Å². The van der Waals surface area contributed by atoms with E-state index in [1.165, 1.54) is 28.9 Å². The summed E-state index contributed by atoms with van der Waals surface area (Å²) >= 11 is 5.06. The van der Waals surface area contributed by atoms with Crippen molar-refractivity contribution in [2.75, 3.05) is 10.6 Å². The molecule has 0 aliphatic carbocycles. The Balaban J connectivity index is 1.66. The molecule has 27 heavy (non-hydrogen) atoms. The molecule has 1 heterocycles. The molecule has 0 amide bonds. The van der Waals surface area contributed by atoms with Crippen molar-refractivity contribution < 1.29 is 17.6 Å². The van der Waals surface area contributed by atoms with E-state index in [0.717, 1.165) is 6.07 Å². The van der Waals surface area contributed by atoms with Gasteiger partial charge in [-0.1, -0.05) is 30.3 Å². The Bertz CT molecular complexity index is 952. The number of rotatable bonds is 4. The molecule has 0 spiro atoms. The largest absolute Gasteiger partial charge is 0.418 e. The van der Waals surface area contributed by atoms with Crippen LogP contribution in [0, 0.1) is 5.82 Å².